The van der Waals surface area contributed by atoms with Gasteiger partial charge in [0.1, 0.15) is 17.2 Å². The first kappa shape index (κ1) is 22.1. The maximum atomic E-state index is 14.1. The molecule has 0 unspecified atom stereocenters. The number of anilines is 1. The van der Waals surface area contributed by atoms with Gasteiger partial charge in [-0.3, -0.25) is 9.59 Å². The monoisotopic (exact) mass is 491 g/mol. The lowest BCUT2D eigenvalue weighted by Crippen LogP contribution is -2.49. The van der Waals surface area contributed by atoms with Crippen LogP contribution in [0, 0.1) is 17.5 Å². The number of likely N-dealkylation sites (tertiary alicyclic amines) is 1. The van der Waals surface area contributed by atoms with E-state index in [1.54, 1.807) is 23.1 Å². The summed E-state index contributed by atoms with van der Waals surface area (Å²) in [7, 11) is 0. The molecule has 1 saturated heterocycles. The van der Waals surface area contributed by atoms with E-state index in [9.17, 15) is 22.8 Å². The Kier molecular flexibility index (Phi) is 4.82. The molecule has 3 N–H and O–H groups in total. The summed E-state index contributed by atoms with van der Waals surface area (Å²) in [6.45, 7) is 0.588. The molecule has 1 atom stereocenters. The van der Waals surface area contributed by atoms with Crippen LogP contribution in [0.15, 0.2) is 54.6 Å². The van der Waals surface area contributed by atoms with Crippen LogP contribution < -0.4 is 5.73 Å². The van der Waals surface area contributed by atoms with Gasteiger partial charge in [0, 0.05) is 42.4 Å². The minimum atomic E-state index is -1.32. The molecule has 0 radical (unpaired) electrons. The summed E-state index contributed by atoms with van der Waals surface area (Å²) in [6.07, 6.45) is 0.303. The number of amides is 2. The van der Waals surface area contributed by atoms with Gasteiger partial charge in [-0.2, -0.15) is 0 Å². The van der Waals surface area contributed by atoms with Gasteiger partial charge in [0.2, 0.25) is 0 Å². The van der Waals surface area contributed by atoms with Crippen molar-refractivity contribution < 1.29 is 22.8 Å². The molecule has 2 aliphatic rings. The second-order valence-electron chi connectivity index (χ2n) is 9.13. The van der Waals surface area contributed by atoms with Gasteiger partial charge < -0.3 is 20.5 Å². The zero-order valence-electron chi connectivity index (χ0n) is 18.9. The van der Waals surface area contributed by atoms with Gasteiger partial charge in [0.15, 0.2) is 11.6 Å². The number of aromatic nitrogens is 2. The third-order valence-corrected chi connectivity index (χ3v) is 7.00. The van der Waals surface area contributed by atoms with E-state index in [1.807, 2.05) is 0 Å². The molecule has 4 heterocycles. The Morgan fingerprint density at radius 3 is 2.50 bits per heavy atom. The number of rotatable bonds is 4. The zero-order chi connectivity index (χ0) is 25.2. The topological polar surface area (TPSA) is 95.3 Å². The molecular weight excluding hydrogens is 471 g/mol. The fraction of sp³-hybridized carbons (Fsp3) is 0.192. The Labute approximate surface area is 203 Å². The lowest BCUT2D eigenvalue weighted by molar-refractivity contribution is -0.137. The highest BCUT2D eigenvalue weighted by atomic mass is 19.1. The number of carbonyl (C=O) groups excluding carboxylic acids is 2. The number of carbonyl (C=O) groups is 2. The molecular formula is C26H20F3N5O2. The van der Waals surface area contributed by atoms with Crippen molar-refractivity contribution in [3.63, 3.8) is 0 Å². The smallest absolute Gasteiger partial charge is 0.255 e. The van der Waals surface area contributed by atoms with E-state index in [2.05, 4.69) is 9.97 Å². The number of nitrogens with one attached hydrogen (secondary N) is 1. The van der Waals surface area contributed by atoms with Crippen LogP contribution in [0.4, 0.5) is 19.0 Å². The number of pyridine rings is 1. The molecule has 182 valence electrons. The van der Waals surface area contributed by atoms with Crippen LogP contribution >= 0.6 is 0 Å². The zero-order valence-corrected chi connectivity index (χ0v) is 18.9. The fourth-order valence-electron chi connectivity index (χ4n) is 5.31. The van der Waals surface area contributed by atoms with Crippen molar-refractivity contribution >= 4 is 28.7 Å². The number of nitrogen functional groups attached to an aromatic ring is 1. The Bertz CT molecular complexity index is 1510. The first-order chi connectivity index (χ1) is 17.3. The summed E-state index contributed by atoms with van der Waals surface area (Å²) in [6, 6.07) is 12.6. The number of H-pyrrole nitrogens is 1. The number of hydrogen-bond donors (Lipinski definition) is 2. The van der Waals surface area contributed by atoms with Gasteiger partial charge in [-0.15, -0.1) is 0 Å². The molecule has 0 bridgehead atoms. The summed E-state index contributed by atoms with van der Waals surface area (Å²) in [4.78, 5) is 37.6. The highest BCUT2D eigenvalue weighted by Crippen LogP contribution is 2.47. The van der Waals surface area contributed by atoms with Gasteiger partial charge in [-0.05, 0) is 35.9 Å². The van der Waals surface area contributed by atoms with E-state index in [1.165, 1.54) is 35.2 Å². The summed E-state index contributed by atoms with van der Waals surface area (Å²) in [5, 5.41) is 0. The molecule has 2 aromatic carbocycles. The third-order valence-electron chi connectivity index (χ3n) is 7.00. The Hall–Kier alpha value is -4.34. The number of nitrogens with zero attached hydrogens (tertiary/aromatic N) is 3. The quantitative estimate of drug-likeness (QED) is 0.454. The number of nitrogens with two attached hydrogens (primary N) is 1. The highest BCUT2D eigenvalue weighted by Gasteiger charge is 2.59. The molecule has 1 spiro atoms. The van der Waals surface area contributed by atoms with Crippen molar-refractivity contribution in [2.75, 3.05) is 12.3 Å². The number of fused-ring (bicyclic) bond motifs is 3. The average Bonchev–Trinajstić information content (AvgIpc) is 3.46. The summed E-state index contributed by atoms with van der Waals surface area (Å²) < 4.78 is 41.4. The Morgan fingerprint density at radius 1 is 0.972 bits per heavy atom. The SMILES string of the molecule is Nc1nc2cc(CN3C(=O)c4cc(F)ccc4[C@]34CCN(Cc3ccc(F)cc3)C4=O)[nH]c2cc1F. The van der Waals surface area contributed by atoms with Crippen LogP contribution in [0.2, 0.25) is 0 Å². The first-order valence-electron chi connectivity index (χ1n) is 11.4. The van der Waals surface area contributed by atoms with Gasteiger partial charge in [-0.25, -0.2) is 18.2 Å². The summed E-state index contributed by atoms with van der Waals surface area (Å²) in [5.41, 5.74) is 6.93. The molecule has 7 nitrogen and oxygen atoms in total. The largest absolute Gasteiger partial charge is 0.381 e. The molecule has 2 aromatic heterocycles. The van der Waals surface area contributed by atoms with E-state index >= 15 is 0 Å². The third kappa shape index (κ3) is 3.24. The molecule has 2 aliphatic heterocycles. The number of halogens is 3. The molecule has 0 aliphatic carbocycles. The van der Waals surface area contributed by atoms with Gasteiger partial charge in [0.25, 0.3) is 11.8 Å². The number of benzene rings is 2. The van der Waals surface area contributed by atoms with Gasteiger partial charge in [-0.1, -0.05) is 18.2 Å². The number of hydrogen-bond acceptors (Lipinski definition) is 4. The number of aromatic amines is 1. The minimum Gasteiger partial charge on any atom is -0.381 e. The van der Waals surface area contributed by atoms with Crippen molar-refractivity contribution in [2.24, 2.45) is 0 Å². The maximum Gasteiger partial charge on any atom is 0.255 e. The predicted octanol–water partition coefficient (Wildman–Crippen LogP) is 3.85. The van der Waals surface area contributed by atoms with Crippen molar-refractivity contribution in [3.05, 3.63) is 94.4 Å². The molecule has 2 amide bonds. The fourth-order valence-corrected chi connectivity index (χ4v) is 5.31. The summed E-state index contributed by atoms with van der Waals surface area (Å²) >= 11 is 0. The van der Waals surface area contributed by atoms with E-state index in [0.29, 0.717) is 35.3 Å². The van der Waals surface area contributed by atoms with Crippen molar-refractivity contribution in [1.29, 1.82) is 0 Å². The van der Waals surface area contributed by atoms with Crippen LogP contribution in [0.25, 0.3) is 11.0 Å². The van der Waals surface area contributed by atoms with Crippen molar-refractivity contribution in [1.82, 2.24) is 19.8 Å². The lowest BCUT2D eigenvalue weighted by Gasteiger charge is -2.34. The average molecular weight is 491 g/mol. The molecule has 0 saturated carbocycles. The van der Waals surface area contributed by atoms with E-state index in [0.717, 1.165) is 11.6 Å². The van der Waals surface area contributed by atoms with E-state index in [4.69, 9.17) is 5.73 Å². The van der Waals surface area contributed by atoms with Crippen LogP contribution in [0.1, 0.15) is 33.6 Å². The van der Waals surface area contributed by atoms with Gasteiger partial charge >= 0.3 is 0 Å². The van der Waals surface area contributed by atoms with Crippen LogP contribution in [-0.4, -0.2) is 38.1 Å². The molecule has 1 fully saturated rings. The van der Waals surface area contributed by atoms with E-state index in [-0.39, 0.29) is 36.2 Å². The highest BCUT2D eigenvalue weighted by molar-refractivity contribution is 6.07. The molecule has 10 heteroatoms. The summed E-state index contributed by atoms with van der Waals surface area (Å²) in [5.74, 6) is -2.63. The van der Waals surface area contributed by atoms with Gasteiger partial charge in [0.05, 0.1) is 17.6 Å². The molecule has 6 rings (SSSR count). The second kappa shape index (κ2) is 7.84. The normalized spacial score (nSPS) is 19.2. The Balaban J connectivity index is 1.39. The molecule has 36 heavy (non-hydrogen) atoms. The first-order valence-corrected chi connectivity index (χ1v) is 11.4. The minimum absolute atomic E-state index is 0.0108. The van der Waals surface area contributed by atoms with E-state index < -0.39 is 23.1 Å². The van der Waals surface area contributed by atoms with Crippen molar-refractivity contribution in [3.8, 4) is 0 Å². The lowest BCUT2D eigenvalue weighted by atomic mass is 9.87. The maximum absolute atomic E-state index is 14.1. The van der Waals surface area contributed by atoms with Crippen LogP contribution in [0.5, 0.6) is 0 Å². The standard InChI is InChI=1S/C26H20F3N5O2/c27-15-3-1-14(2-4-15)12-33-8-7-26(25(33)36)19-6-5-16(28)9-18(19)24(35)34(26)13-17-10-21-22(31-17)11-20(29)23(30)32-21/h1-6,9-11,31H,7-8,12-13H2,(H2,30,32)/t26-/m0/s1. The second-order valence-corrected chi connectivity index (χ2v) is 9.13. The van der Waals surface area contributed by atoms with Crippen molar-refractivity contribution in [2.45, 2.75) is 25.0 Å². The van der Waals surface area contributed by atoms with Crippen LogP contribution in [0.3, 0.4) is 0 Å². The molecule has 4 aromatic rings. The predicted molar refractivity (Wildman–Crippen MR) is 125 cm³/mol. The van der Waals surface area contributed by atoms with Crippen LogP contribution in [-0.2, 0) is 23.4 Å². The Morgan fingerprint density at radius 2 is 1.72 bits per heavy atom.